The molecule has 194 valence electrons. The number of para-hydroxylation sites is 1. The maximum absolute atomic E-state index is 6.38. The average molecular weight is 528 g/mol. The summed E-state index contributed by atoms with van der Waals surface area (Å²) < 4.78 is 6.38. The van der Waals surface area contributed by atoms with Gasteiger partial charge in [0.2, 0.25) is 5.95 Å². The second kappa shape index (κ2) is 9.04. The molecule has 0 saturated heterocycles. The highest BCUT2D eigenvalue weighted by molar-refractivity contribution is 6.09. The summed E-state index contributed by atoms with van der Waals surface area (Å²) in [6, 6.07) is 37.5. The van der Waals surface area contributed by atoms with Gasteiger partial charge in [0.1, 0.15) is 16.8 Å². The predicted octanol–water partition coefficient (Wildman–Crippen LogP) is 8.16. The number of furan rings is 1. The number of fused-ring (bicyclic) bond motifs is 7. The van der Waals surface area contributed by atoms with E-state index < -0.39 is 0 Å². The van der Waals surface area contributed by atoms with E-state index in [9.17, 15) is 0 Å². The van der Waals surface area contributed by atoms with Crippen LogP contribution >= 0.6 is 0 Å². The molecule has 1 aliphatic heterocycles. The fourth-order valence-electron chi connectivity index (χ4n) is 6.15. The van der Waals surface area contributed by atoms with E-state index in [-0.39, 0.29) is 0 Å². The van der Waals surface area contributed by atoms with Crippen molar-refractivity contribution in [2.24, 2.45) is 0 Å². The zero-order chi connectivity index (χ0) is 27.5. The largest absolute Gasteiger partial charge is 0.452 e. The second-order valence-electron chi connectivity index (χ2n) is 10.2. The Morgan fingerprint density at radius 3 is 2.34 bits per heavy atom. The maximum atomic E-state index is 6.38. The molecule has 1 aliphatic rings. The quantitative estimate of drug-likeness (QED) is 0.232. The van der Waals surface area contributed by atoms with Gasteiger partial charge in [-0.2, -0.15) is 0 Å². The lowest BCUT2D eigenvalue weighted by atomic mass is 9.90. The molecule has 8 rings (SSSR count). The third-order valence-electron chi connectivity index (χ3n) is 7.97. The van der Waals surface area contributed by atoms with Gasteiger partial charge in [-0.25, -0.2) is 9.97 Å². The minimum Gasteiger partial charge on any atom is -0.452 e. The Bertz CT molecular complexity index is 2300. The Kier molecular flexibility index (Phi) is 5.16. The van der Waals surface area contributed by atoms with E-state index in [1.807, 2.05) is 42.5 Å². The van der Waals surface area contributed by atoms with Gasteiger partial charge in [-0.1, -0.05) is 104 Å². The van der Waals surface area contributed by atoms with E-state index in [0.717, 1.165) is 60.7 Å². The molecule has 5 aromatic carbocycles. The van der Waals surface area contributed by atoms with Crippen LogP contribution in [0.3, 0.4) is 0 Å². The minimum atomic E-state index is 0.594. The maximum Gasteiger partial charge on any atom is 0.236 e. The normalized spacial score (nSPS) is 13.1. The topological polar surface area (TPSA) is 42.2 Å². The molecule has 3 heterocycles. The molecule has 0 fully saturated rings. The fraction of sp³-hybridized carbons (Fsp3) is 0.0270. The van der Waals surface area contributed by atoms with Crippen LogP contribution in [0.5, 0.6) is 0 Å². The van der Waals surface area contributed by atoms with Gasteiger partial charge in [-0.3, -0.25) is 4.90 Å². The number of benzene rings is 5. The average Bonchev–Trinajstić information content (AvgIpc) is 3.41. The Balaban J connectivity index is 1.55. The Hall–Kier alpha value is -5.48. The lowest BCUT2D eigenvalue weighted by molar-refractivity contribution is 0.667. The molecular weight excluding hydrogens is 502 g/mol. The Morgan fingerprint density at radius 1 is 0.732 bits per heavy atom. The summed E-state index contributed by atoms with van der Waals surface area (Å²) in [5.41, 5.74) is 8.29. The first-order valence-corrected chi connectivity index (χ1v) is 13.8. The van der Waals surface area contributed by atoms with Crippen LogP contribution in [0.1, 0.15) is 12.5 Å². The van der Waals surface area contributed by atoms with Gasteiger partial charge >= 0.3 is 0 Å². The van der Waals surface area contributed by atoms with Gasteiger partial charge in [0.05, 0.1) is 11.4 Å². The predicted molar refractivity (Wildman–Crippen MR) is 169 cm³/mol. The number of allylic oxidation sites excluding steroid dienone is 1. The van der Waals surface area contributed by atoms with Gasteiger partial charge in [0.15, 0.2) is 5.58 Å². The zero-order valence-corrected chi connectivity index (χ0v) is 22.5. The molecule has 0 aliphatic carbocycles. The van der Waals surface area contributed by atoms with Crippen LogP contribution < -0.4 is 15.3 Å². The number of hydrogen-bond acceptors (Lipinski definition) is 4. The van der Waals surface area contributed by atoms with E-state index in [1.165, 1.54) is 10.8 Å². The highest BCUT2D eigenvalue weighted by atomic mass is 16.3. The molecule has 0 radical (unpaired) electrons. The molecule has 0 amide bonds. The monoisotopic (exact) mass is 527 g/mol. The molecule has 0 saturated carbocycles. The van der Waals surface area contributed by atoms with Gasteiger partial charge in [0, 0.05) is 21.7 Å². The van der Waals surface area contributed by atoms with Gasteiger partial charge in [-0.05, 0) is 52.8 Å². The van der Waals surface area contributed by atoms with Crippen molar-refractivity contribution in [3.63, 3.8) is 0 Å². The highest BCUT2D eigenvalue weighted by Crippen LogP contribution is 2.44. The minimum absolute atomic E-state index is 0.594. The molecule has 0 N–H and O–H groups in total. The van der Waals surface area contributed by atoms with Gasteiger partial charge in [-0.15, -0.1) is 0 Å². The van der Waals surface area contributed by atoms with E-state index >= 15 is 0 Å². The van der Waals surface area contributed by atoms with Crippen molar-refractivity contribution >= 4 is 61.8 Å². The van der Waals surface area contributed by atoms with Crippen LogP contribution in [0.25, 0.3) is 55.7 Å². The third-order valence-corrected chi connectivity index (χ3v) is 7.97. The van der Waals surface area contributed by atoms with Crippen molar-refractivity contribution in [3.8, 4) is 11.3 Å². The lowest BCUT2D eigenvalue weighted by Crippen LogP contribution is -2.36. The van der Waals surface area contributed by atoms with E-state index in [2.05, 4.69) is 97.3 Å². The molecular formula is C37H25N3O. The van der Waals surface area contributed by atoms with Crippen molar-refractivity contribution in [1.29, 1.82) is 0 Å². The summed E-state index contributed by atoms with van der Waals surface area (Å²) in [4.78, 5) is 12.7. The number of hydrogen-bond donors (Lipinski definition) is 0. The summed E-state index contributed by atoms with van der Waals surface area (Å²) in [5.74, 6) is 0.594. The molecule has 2 aromatic heterocycles. The molecule has 0 bridgehead atoms. The van der Waals surface area contributed by atoms with Crippen molar-refractivity contribution in [3.05, 3.63) is 138 Å². The molecule has 4 nitrogen and oxygen atoms in total. The SMILES string of the molecule is C=CC1=c2c(ccc/c2=C/C)N(c2nc(-c3ccccc3)c3oc4ccccc4c3n2)c2ccc3ccccc3c21. The molecule has 0 unspecified atom stereocenters. The summed E-state index contributed by atoms with van der Waals surface area (Å²) in [6.07, 6.45) is 4.14. The first-order chi connectivity index (χ1) is 20.3. The molecule has 0 spiro atoms. The van der Waals surface area contributed by atoms with Crippen molar-refractivity contribution < 1.29 is 4.42 Å². The van der Waals surface area contributed by atoms with Crippen LogP contribution in [0.4, 0.5) is 17.3 Å². The van der Waals surface area contributed by atoms with Gasteiger partial charge < -0.3 is 4.42 Å². The Labute approximate surface area is 236 Å². The Morgan fingerprint density at radius 2 is 1.51 bits per heavy atom. The highest BCUT2D eigenvalue weighted by Gasteiger charge is 2.29. The van der Waals surface area contributed by atoms with E-state index in [4.69, 9.17) is 14.4 Å². The number of anilines is 3. The molecule has 0 atom stereocenters. The number of nitrogens with zero attached hydrogens (tertiary/aromatic N) is 3. The number of aromatic nitrogens is 2. The molecule has 41 heavy (non-hydrogen) atoms. The lowest BCUT2D eigenvalue weighted by Gasteiger charge is -2.31. The van der Waals surface area contributed by atoms with E-state index in [1.54, 1.807) is 0 Å². The standard InChI is InChI=1S/C37H25N3O/c1-3-23-16-12-19-29-32(23)26(4-2)33-27-17-9-8-13-24(27)21-22-30(33)40(29)37-38-34(25-14-6-5-7-15-25)36-35(39-37)28-18-10-11-20-31(28)41-36/h3-22H,2H2,1H3/b23-3-. The van der Waals surface area contributed by atoms with Crippen molar-refractivity contribution in [1.82, 2.24) is 9.97 Å². The van der Waals surface area contributed by atoms with Crippen LogP contribution in [0, 0.1) is 0 Å². The smallest absolute Gasteiger partial charge is 0.236 e. The molecule has 4 heteroatoms. The van der Waals surface area contributed by atoms with Crippen LogP contribution in [0.2, 0.25) is 0 Å². The van der Waals surface area contributed by atoms with Crippen molar-refractivity contribution in [2.75, 3.05) is 4.90 Å². The summed E-state index contributed by atoms with van der Waals surface area (Å²) in [5, 5.41) is 5.57. The summed E-state index contributed by atoms with van der Waals surface area (Å²) >= 11 is 0. The van der Waals surface area contributed by atoms with E-state index in [0.29, 0.717) is 11.5 Å². The van der Waals surface area contributed by atoms with Crippen molar-refractivity contribution in [2.45, 2.75) is 6.92 Å². The third kappa shape index (κ3) is 3.41. The second-order valence-corrected chi connectivity index (χ2v) is 10.2. The molecule has 7 aromatic rings. The summed E-state index contributed by atoms with van der Waals surface area (Å²) in [7, 11) is 0. The first kappa shape index (κ1) is 23.4. The zero-order valence-electron chi connectivity index (χ0n) is 22.5. The van der Waals surface area contributed by atoms with Crippen LogP contribution in [0.15, 0.2) is 126 Å². The summed E-state index contributed by atoms with van der Waals surface area (Å²) in [6.45, 7) is 6.35. The fourth-order valence-corrected chi connectivity index (χ4v) is 6.15. The number of rotatable bonds is 3. The first-order valence-electron chi connectivity index (χ1n) is 13.8. The van der Waals surface area contributed by atoms with Crippen LogP contribution in [-0.4, -0.2) is 9.97 Å². The van der Waals surface area contributed by atoms with Gasteiger partial charge in [0.25, 0.3) is 0 Å². The van der Waals surface area contributed by atoms with Crippen LogP contribution in [-0.2, 0) is 0 Å².